The van der Waals surface area contributed by atoms with E-state index < -0.39 is 24.2 Å². The summed E-state index contributed by atoms with van der Waals surface area (Å²) >= 11 is 0. The summed E-state index contributed by atoms with van der Waals surface area (Å²) in [7, 11) is 1.87. The van der Waals surface area contributed by atoms with Gasteiger partial charge in [-0.05, 0) is 19.3 Å². The summed E-state index contributed by atoms with van der Waals surface area (Å²) < 4.78 is 7.32. The van der Waals surface area contributed by atoms with Crippen molar-refractivity contribution >= 4 is 11.9 Å². The fourth-order valence-corrected chi connectivity index (χ4v) is 6.58. The largest absolute Gasteiger partial charge is 0.462 e. The molecule has 1 rings (SSSR count). The van der Waals surface area contributed by atoms with Crippen LogP contribution in [0.2, 0.25) is 0 Å². The molecule has 0 radical (unpaired) electrons. The molecule has 3 atom stereocenters. The van der Waals surface area contributed by atoms with Gasteiger partial charge in [0.05, 0.1) is 24.2 Å². The molecule has 1 aromatic heterocycles. The molecule has 0 spiro atoms. The van der Waals surface area contributed by atoms with Crippen LogP contribution >= 0.6 is 0 Å². The monoisotopic (exact) mass is 717 g/mol. The van der Waals surface area contributed by atoms with E-state index in [1.807, 2.05) is 23.9 Å². The highest BCUT2D eigenvalue weighted by Crippen LogP contribution is 2.15. The maximum Gasteiger partial charge on any atom is 0.329 e. The number of nitrogens with two attached hydrogens (primary N) is 1. The maximum atomic E-state index is 13.1. The average molecular weight is 717 g/mol. The number of carbonyl (C=O) groups excluding carboxylic acids is 2. The number of aliphatic hydroxyl groups excluding tert-OH is 1. The van der Waals surface area contributed by atoms with Crippen molar-refractivity contribution in [3.05, 3.63) is 30.4 Å². The standard InChI is InChI=1S/C43H80N4O4/c1-4-6-8-10-12-14-16-18-19-21-23-25-27-29-31-33-42(49)46-40(34-38-35-47(3)37-45-38)43(50)51-36-39(44)41(48)32-30-28-26-24-22-20-17-15-13-11-9-7-5-2/h30,32,35,37,39-41,48H,4-29,31,33-34,36,44H2,1-3H3,(H,46,49)/b32-30+. The zero-order valence-electron chi connectivity index (χ0n) is 33.4. The highest BCUT2D eigenvalue weighted by atomic mass is 16.5. The zero-order valence-corrected chi connectivity index (χ0v) is 33.4. The number of amides is 1. The van der Waals surface area contributed by atoms with Gasteiger partial charge in [-0.3, -0.25) is 4.79 Å². The minimum Gasteiger partial charge on any atom is -0.462 e. The number of carbonyl (C=O) groups is 2. The van der Waals surface area contributed by atoms with Gasteiger partial charge in [0, 0.05) is 26.1 Å². The number of rotatable bonds is 36. The molecule has 3 unspecified atom stereocenters. The minimum absolute atomic E-state index is 0.129. The molecule has 1 amide bonds. The van der Waals surface area contributed by atoms with Gasteiger partial charge in [-0.25, -0.2) is 9.78 Å². The molecule has 4 N–H and O–H groups in total. The van der Waals surface area contributed by atoms with Crippen molar-refractivity contribution in [1.29, 1.82) is 0 Å². The van der Waals surface area contributed by atoms with E-state index in [-0.39, 0.29) is 18.9 Å². The quantitative estimate of drug-likeness (QED) is 0.0361. The Kier molecular flexibility index (Phi) is 30.9. The molecule has 0 aliphatic heterocycles. The molecule has 0 saturated heterocycles. The van der Waals surface area contributed by atoms with Crippen LogP contribution < -0.4 is 11.1 Å². The number of hydrogen-bond donors (Lipinski definition) is 3. The highest BCUT2D eigenvalue weighted by Gasteiger charge is 2.25. The first-order chi connectivity index (χ1) is 24.9. The van der Waals surface area contributed by atoms with E-state index in [1.165, 1.54) is 141 Å². The van der Waals surface area contributed by atoms with Crippen molar-refractivity contribution in [2.24, 2.45) is 12.8 Å². The summed E-state index contributed by atoms with van der Waals surface area (Å²) in [5.41, 5.74) is 6.85. The first-order valence-corrected chi connectivity index (χ1v) is 21.4. The number of aromatic nitrogens is 2. The van der Waals surface area contributed by atoms with E-state index in [0.29, 0.717) is 12.1 Å². The lowest BCUT2D eigenvalue weighted by Crippen LogP contribution is -2.45. The van der Waals surface area contributed by atoms with E-state index in [2.05, 4.69) is 24.1 Å². The molecule has 0 aromatic carbocycles. The molecule has 8 heteroatoms. The van der Waals surface area contributed by atoms with Crippen LogP contribution in [0.25, 0.3) is 0 Å². The van der Waals surface area contributed by atoms with Crippen LogP contribution in [0.4, 0.5) is 0 Å². The number of ether oxygens (including phenoxy) is 1. The summed E-state index contributed by atoms with van der Waals surface area (Å²) in [6.07, 6.45) is 41.3. The lowest BCUT2D eigenvalue weighted by atomic mass is 10.0. The number of nitrogens with zero attached hydrogens (tertiary/aromatic N) is 2. The van der Waals surface area contributed by atoms with Crippen LogP contribution in [-0.2, 0) is 27.8 Å². The van der Waals surface area contributed by atoms with Crippen LogP contribution in [0.3, 0.4) is 0 Å². The molecule has 8 nitrogen and oxygen atoms in total. The second-order valence-corrected chi connectivity index (χ2v) is 15.1. The number of allylic oxidation sites excluding steroid dienone is 1. The van der Waals surface area contributed by atoms with Crippen molar-refractivity contribution in [1.82, 2.24) is 14.9 Å². The first kappa shape index (κ1) is 46.8. The Labute approximate surface area is 313 Å². The van der Waals surface area contributed by atoms with Crippen molar-refractivity contribution < 1.29 is 19.4 Å². The van der Waals surface area contributed by atoms with Crippen molar-refractivity contribution in [2.45, 2.75) is 218 Å². The van der Waals surface area contributed by atoms with Crippen molar-refractivity contribution in [3.63, 3.8) is 0 Å². The third-order valence-electron chi connectivity index (χ3n) is 9.96. The molecule has 0 aliphatic rings. The Hall–Kier alpha value is -2.19. The molecule has 0 fully saturated rings. The molecule has 1 aromatic rings. The van der Waals surface area contributed by atoms with Crippen molar-refractivity contribution in [2.75, 3.05) is 6.61 Å². The summed E-state index contributed by atoms with van der Waals surface area (Å²) in [4.78, 5) is 30.2. The number of hydrogen-bond acceptors (Lipinski definition) is 6. The zero-order chi connectivity index (χ0) is 37.2. The van der Waals surface area contributed by atoms with Gasteiger partial charge < -0.3 is 25.5 Å². The molecule has 0 bridgehead atoms. The van der Waals surface area contributed by atoms with Gasteiger partial charge in [-0.1, -0.05) is 180 Å². The van der Waals surface area contributed by atoms with Gasteiger partial charge >= 0.3 is 5.97 Å². The third kappa shape index (κ3) is 28.0. The summed E-state index contributed by atoms with van der Waals surface area (Å²) in [5, 5.41) is 13.4. The predicted octanol–water partition coefficient (Wildman–Crippen LogP) is 10.2. The van der Waals surface area contributed by atoms with Gasteiger partial charge in [0.15, 0.2) is 0 Å². The second-order valence-electron chi connectivity index (χ2n) is 15.1. The molecular weight excluding hydrogens is 636 g/mol. The molecule has 0 aliphatic carbocycles. The van der Waals surface area contributed by atoms with Crippen LogP contribution in [0.5, 0.6) is 0 Å². The summed E-state index contributed by atoms with van der Waals surface area (Å²) in [5.74, 6) is -0.713. The Bertz CT molecular complexity index is 981. The number of aryl methyl sites for hydroxylation is 1. The Balaban J connectivity index is 2.25. The lowest BCUT2D eigenvalue weighted by molar-refractivity contribution is -0.148. The smallest absolute Gasteiger partial charge is 0.329 e. The van der Waals surface area contributed by atoms with Gasteiger partial charge in [-0.2, -0.15) is 0 Å². The van der Waals surface area contributed by atoms with E-state index in [0.717, 1.165) is 32.1 Å². The number of esters is 1. The normalized spacial score (nSPS) is 13.4. The van der Waals surface area contributed by atoms with Gasteiger partial charge in [0.25, 0.3) is 0 Å². The lowest BCUT2D eigenvalue weighted by Gasteiger charge is -2.20. The SMILES string of the molecule is CCCCCCCCCCCCC/C=C/C(O)C(N)COC(=O)C(Cc1cn(C)cn1)NC(=O)CCCCCCCCCCCCCCCCC. The first-order valence-electron chi connectivity index (χ1n) is 21.4. The fraction of sp³-hybridized carbons (Fsp3) is 0.837. The van der Waals surface area contributed by atoms with E-state index in [1.54, 1.807) is 12.4 Å². The van der Waals surface area contributed by atoms with Crippen LogP contribution in [0.1, 0.15) is 199 Å². The fourth-order valence-electron chi connectivity index (χ4n) is 6.58. The Morgan fingerprint density at radius 1 is 0.765 bits per heavy atom. The second kappa shape index (κ2) is 33.6. The van der Waals surface area contributed by atoms with Gasteiger partial charge in [0.1, 0.15) is 12.6 Å². The minimum atomic E-state index is -0.903. The highest BCUT2D eigenvalue weighted by molar-refractivity contribution is 5.84. The number of aliphatic hydroxyl groups is 1. The summed E-state index contributed by atoms with van der Waals surface area (Å²) in [6.45, 7) is 4.40. The van der Waals surface area contributed by atoms with E-state index >= 15 is 0 Å². The summed E-state index contributed by atoms with van der Waals surface area (Å²) in [6, 6.07) is -1.60. The Morgan fingerprint density at radius 2 is 1.22 bits per heavy atom. The predicted molar refractivity (Wildman–Crippen MR) is 214 cm³/mol. The topological polar surface area (TPSA) is 119 Å². The average Bonchev–Trinajstić information content (AvgIpc) is 3.54. The third-order valence-corrected chi connectivity index (χ3v) is 9.96. The Morgan fingerprint density at radius 3 is 1.67 bits per heavy atom. The van der Waals surface area contributed by atoms with E-state index in [9.17, 15) is 14.7 Å². The van der Waals surface area contributed by atoms with Crippen molar-refractivity contribution in [3.8, 4) is 0 Å². The van der Waals surface area contributed by atoms with E-state index in [4.69, 9.17) is 10.5 Å². The number of nitrogens with one attached hydrogen (secondary N) is 1. The molecule has 296 valence electrons. The van der Waals surface area contributed by atoms with Crippen LogP contribution in [0.15, 0.2) is 24.7 Å². The van der Waals surface area contributed by atoms with Gasteiger partial charge in [-0.15, -0.1) is 0 Å². The number of unbranched alkanes of at least 4 members (excludes halogenated alkanes) is 25. The van der Waals surface area contributed by atoms with Crippen LogP contribution in [-0.4, -0.2) is 51.3 Å². The molecule has 51 heavy (non-hydrogen) atoms. The molecule has 0 saturated carbocycles. The van der Waals surface area contributed by atoms with Gasteiger partial charge in [0.2, 0.25) is 5.91 Å². The molecule has 1 heterocycles. The maximum absolute atomic E-state index is 13.1. The molecular formula is C43H80N4O4. The number of imidazole rings is 1. The van der Waals surface area contributed by atoms with Crippen LogP contribution in [0, 0.1) is 0 Å².